The van der Waals surface area contributed by atoms with Crippen molar-refractivity contribution in [2.24, 2.45) is 0 Å². The monoisotopic (exact) mass is 303 g/mol. The fourth-order valence-electron chi connectivity index (χ4n) is 2.80. The Labute approximate surface area is 125 Å². The molecule has 2 unspecified atom stereocenters. The van der Waals surface area contributed by atoms with Crippen LogP contribution in [0, 0.1) is 0 Å². The smallest absolute Gasteiger partial charge is 0.0820 e. The van der Waals surface area contributed by atoms with E-state index in [0.717, 1.165) is 31.0 Å². The zero-order chi connectivity index (χ0) is 13.8. The van der Waals surface area contributed by atoms with Gasteiger partial charge in [0.2, 0.25) is 0 Å². The summed E-state index contributed by atoms with van der Waals surface area (Å²) in [5.41, 5.74) is 1.19. The topological polar surface area (TPSA) is 21.1 Å². The number of hydrogen-bond acceptors (Lipinski definition) is 2. The van der Waals surface area contributed by atoms with E-state index in [1.807, 2.05) is 0 Å². The van der Waals surface area contributed by atoms with Crippen molar-refractivity contribution in [3.63, 3.8) is 0 Å². The summed E-state index contributed by atoms with van der Waals surface area (Å²) in [7, 11) is 4.15. The van der Waals surface area contributed by atoms with E-state index >= 15 is 0 Å². The van der Waals surface area contributed by atoms with Gasteiger partial charge in [0, 0.05) is 17.8 Å². The fourth-order valence-corrected chi connectivity index (χ4v) is 3.46. The average molecular weight is 304 g/mol. The molecule has 1 aromatic rings. The maximum absolute atomic E-state index is 6.38. The highest BCUT2D eigenvalue weighted by Crippen LogP contribution is 2.37. The van der Waals surface area contributed by atoms with E-state index in [2.05, 4.69) is 28.8 Å². The molecule has 0 bridgehead atoms. The second kappa shape index (κ2) is 6.96. The molecule has 0 spiro atoms. The molecule has 1 aliphatic carbocycles. The largest absolute Gasteiger partial charge is 0.308 e. The standard InChI is InChI=1S/C14H23Cl2N3/c1-18(2)7-8-19-14(13(16)10-17-19)11-5-3-4-6-12(15)9-11/h10-12H,3-9H2,1-2H3. The fraction of sp³-hybridized carbons (Fsp3) is 0.786. The normalized spacial score (nSPS) is 24.7. The van der Waals surface area contributed by atoms with Gasteiger partial charge in [-0.25, -0.2) is 0 Å². The predicted octanol–water partition coefficient (Wildman–Crippen LogP) is 3.75. The minimum Gasteiger partial charge on any atom is -0.308 e. The van der Waals surface area contributed by atoms with Crippen molar-refractivity contribution >= 4 is 23.2 Å². The molecule has 1 saturated carbocycles. The van der Waals surface area contributed by atoms with Crippen molar-refractivity contribution in [2.75, 3.05) is 20.6 Å². The summed E-state index contributed by atoms with van der Waals surface area (Å²) in [6.07, 6.45) is 7.57. The van der Waals surface area contributed by atoms with Gasteiger partial charge in [0.1, 0.15) is 0 Å². The van der Waals surface area contributed by atoms with Gasteiger partial charge in [0.05, 0.1) is 23.5 Å². The van der Waals surface area contributed by atoms with E-state index in [4.69, 9.17) is 23.2 Å². The van der Waals surface area contributed by atoms with E-state index < -0.39 is 0 Å². The van der Waals surface area contributed by atoms with E-state index in [0.29, 0.717) is 5.92 Å². The zero-order valence-electron chi connectivity index (χ0n) is 11.8. The van der Waals surface area contributed by atoms with Crippen molar-refractivity contribution in [3.05, 3.63) is 16.9 Å². The van der Waals surface area contributed by atoms with Crippen LogP contribution in [-0.4, -0.2) is 40.7 Å². The Balaban J connectivity index is 2.14. The Morgan fingerprint density at radius 1 is 1.37 bits per heavy atom. The molecule has 2 rings (SSSR count). The second-order valence-electron chi connectivity index (χ2n) is 5.72. The van der Waals surface area contributed by atoms with Gasteiger partial charge in [-0.3, -0.25) is 4.68 Å². The number of halogens is 2. The minimum atomic E-state index is 0.278. The summed E-state index contributed by atoms with van der Waals surface area (Å²) in [5.74, 6) is 0.460. The van der Waals surface area contributed by atoms with Crippen LogP contribution >= 0.6 is 23.2 Å². The lowest BCUT2D eigenvalue weighted by molar-refractivity contribution is 0.364. The number of hydrogen-bond donors (Lipinski definition) is 0. The molecule has 0 saturated heterocycles. The lowest BCUT2D eigenvalue weighted by atomic mass is 9.96. The van der Waals surface area contributed by atoms with Crippen LogP contribution < -0.4 is 0 Å². The summed E-state index contributed by atoms with van der Waals surface area (Å²) in [6, 6.07) is 0. The van der Waals surface area contributed by atoms with Gasteiger partial charge in [-0.1, -0.05) is 24.4 Å². The molecule has 1 heterocycles. The minimum absolute atomic E-state index is 0.278. The Bertz CT molecular complexity index is 403. The first-order valence-electron chi connectivity index (χ1n) is 7.08. The molecule has 1 aliphatic rings. The summed E-state index contributed by atoms with van der Waals surface area (Å²) < 4.78 is 2.07. The van der Waals surface area contributed by atoms with Gasteiger partial charge in [0.15, 0.2) is 0 Å². The molecule has 0 amide bonds. The van der Waals surface area contributed by atoms with Crippen LogP contribution in [0.25, 0.3) is 0 Å². The van der Waals surface area contributed by atoms with Crippen LogP contribution in [0.1, 0.15) is 43.7 Å². The molecular formula is C14H23Cl2N3. The number of aromatic nitrogens is 2. The molecule has 1 aromatic heterocycles. The van der Waals surface area contributed by atoms with Crippen LogP contribution in [0.5, 0.6) is 0 Å². The lowest BCUT2D eigenvalue weighted by Gasteiger charge is -2.19. The van der Waals surface area contributed by atoms with Crippen molar-refractivity contribution in [1.82, 2.24) is 14.7 Å². The molecule has 2 atom stereocenters. The van der Waals surface area contributed by atoms with Crippen molar-refractivity contribution in [2.45, 2.75) is 49.9 Å². The third-order valence-electron chi connectivity index (χ3n) is 3.84. The maximum atomic E-state index is 6.38. The van der Waals surface area contributed by atoms with Crippen molar-refractivity contribution in [1.29, 1.82) is 0 Å². The van der Waals surface area contributed by atoms with Crippen LogP contribution in [0.3, 0.4) is 0 Å². The molecule has 19 heavy (non-hydrogen) atoms. The molecular weight excluding hydrogens is 281 g/mol. The number of nitrogens with zero attached hydrogens (tertiary/aromatic N) is 3. The highest BCUT2D eigenvalue weighted by atomic mass is 35.5. The van der Waals surface area contributed by atoms with Crippen LogP contribution in [0.15, 0.2) is 6.20 Å². The van der Waals surface area contributed by atoms with Crippen molar-refractivity contribution < 1.29 is 0 Å². The van der Waals surface area contributed by atoms with Gasteiger partial charge in [-0.2, -0.15) is 5.10 Å². The zero-order valence-corrected chi connectivity index (χ0v) is 13.3. The Morgan fingerprint density at radius 3 is 2.84 bits per heavy atom. The Hall–Kier alpha value is -0.250. The SMILES string of the molecule is CN(C)CCn1ncc(Cl)c1C1CCCCC(Cl)C1. The number of likely N-dealkylation sites (N-methyl/N-ethyl adjacent to an activating group) is 1. The van der Waals surface area contributed by atoms with Gasteiger partial charge in [-0.05, 0) is 33.4 Å². The first-order valence-corrected chi connectivity index (χ1v) is 7.89. The summed E-state index contributed by atoms with van der Waals surface area (Å²) in [4.78, 5) is 2.16. The van der Waals surface area contributed by atoms with E-state index in [-0.39, 0.29) is 5.38 Å². The van der Waals surface area contributed by atoms with Gasteiger partial charge in [0.25, 0.3) is 0 Å². The molecule has 1 fully saturated rings. The quantitative estimate of drug-likeness (QED) is 0.624. The van der Waals surface area contributed by atoms with Crippen molar-refractivity contribution in [3.8, 4) is 0 Å². The molecule has 0 N–H and O–H groups in total. The van der Waals surface area contributed by atoms with Crippen LogP contribution in [0.4, 0.5) is 0 Å². The number of rotatable bonds is 4. The highest BCUT2D eigenvalue weighted by molar-refractivity contribution is 6.31. The Kier molecular flexibility index (Phi) is 5.55. The first kappa shape index (κ1) is 15.1. The van der Waals surface area contributed by atoms with E-state index in [1.165, 1.54) is 25.0 Å². The van der Waals surface area contributed by atoms with Crippen LogP contribution in [0.2, 0.25) is 5.02 Å². The summed E-state index contributed by atoms with van der Waals surface area (Å²) in [5, 5.41) is 5.51. The molecule has 0 radical (unpaired) electrons. The molecule has 5 heteroatoms. The summed E-state index contributed by atoms with van der Waals surface area (Å²) >= 11 is 12.7. The van der Waals surface area contributed by atoms with Gasteiger partial charge in [-0.15, -0.1) is 11.6 Å². The number of alkyl halides is 1. The molecule has 108 valence electrons. The molecule has 3 nitrogen and oxygen atoms in total. The predicted molar refractivity (Wildman–Crippen MR) is 81.3 cm³/mol. The van der Waals surface area contributed by atoms with Crippen LogP contribution in [-0.2, 0) is 6.54 Å². The summed E-state index contributed by atoms with van der Waals surface area (Å²) in [6.45, 7) is 1.86. The lowest BCUT2D eigenvalue weighted by Crippen LogP contribution is -2.21. The second-order valence-corrected chi connectivity index (χ2v) is 6.74. The Morgan fingerprint density at radius 2 is 2.11 bits per heavy atom. The van der Waals surface area contributed by atoms with E-state index in [1.54, 1.807) is 6.20 Å². The highest BCUT2D eigenvalue weighted by Gasteiger charge is 2.25. The van der Waals surface area contributed by atoms with Gasteiger partial charge < -0.3 is 4.90 Å². The maximum Gasteiger partial charge on any atom is 0.0820 e. The van der Waals surface area contributed by atoms with E-state index in [9.17, 15) is 0 Å². The molecule has 0 aliphatic heterocycles. The van der Waals surface area contributed by atoms with Gasteiger partial charge >= 0.3 is 0 Å². The molecule has 0 aromatic carbocycles. The first-order chi connectivity index (χ1) is 9.08. The third kappa shape index (κ3) is 4.11. The third-order valence-corrected chi connectivity index (χ3v) is 4.53. The average Bonchev–Trinajstić information content (AvgIpc) is 2.58.